The minimum absolute atomic E-state index is 0.132. The second-order valence-electron chi connectivity index (χ2n) is 6.22. The molecule has 3 aromatic carbocycles. The molecule has 0 aliphatic carbocycles. The molecule has 3 aromatic rings. The number of benzene rings is 3. The van der Waals surface area contributed by atoms with Gasteiger partial charge in [-0.15, -0.1) is 0 Å². The summed E-state index contributed by atoms with van der Waals surface area (Å²) in [5.41, 5.74) is 4.10. The summed E-state index contributed by atoms with van der Waals surface area (Å²) in [7, 11) is 0. The summed E-state index contributed by atoms with van der Waals surface area (Å²) in [6.07, 6.45) is 0.986. The summed E-state index contributed by atoms with van der Waals surface area (Å²) >= 11 is 1.81. The maximum absolute atomic E-state index is 6.31. The third kappa shape index (κ3) is 3.20. The molecule has 1 heterocycles. The Morgan fingerprint density at radius 1 is 0.875 bits per heavy atom. The fraction of sp³-hybridized carbons (Fsp3) is 0.182. The number of hydrogen-bond donors (Lipinski definition) is 0. The van der Waals surface area contributed by atoms with Crippen LogP contribution in [-0.4, -0.2) is 5.44 Å². The number of aryl methyl sites for hydroxylation is 1. The van der Waals surface area contributed by atoms with Crippen molar-refractivity contribution in [3.8, 4) is 5.75 Å². The van der Waals surface area contributed by atoms with Crippen molar-refractivity contribution in [3.63, 3.8) is 0 Å². The predicted octanol–water partition coefficient (Wildman–Crippen LogP) is 6.03. The molecule has 120 valence electrons. The van der Waals surface area contributed by atoms with Crippen LogP contribution in [0.25, 0.3) is 0 Å². The van der Waals surface area contributed by atoms with Gasteiger partial charge in [-0.1, -0.05) is 78.0 Å². The maximum atomic E-state index is 6.31. The van der Waals surface area contributed by atoms with E-state index in [1.165, 1.54) is 21.6 Å². The number of ether oxygens (including phenoxy) is 1. The van der Waals surface area contributed by atoms with Gasteiger partial charge in [-0.2, -0.15) is 0 Å². The zero-order valence-electron chi connectivity index (χ0n) is 13.7. The molecule has 24 heavy (non-hydrogen) atoms. The molecule has 0 saturated carbocycles. The first-order valence-electron chi connectivity index (χ1n) is 8.33. The molecular formula is C22H20OS. The summed E-state index contributed by atoms with van der Waals surface area (Å²) in [5, 5.41) is 0. The Kier molecular flexibility index (Phi) is 4.31. The molecular weight excluding hydrogens is 312 g/mol. The Labute approximate surface area is 147 Å². The van der Waals surface area contributed by atoms with E-state index in [-0.39, 0.29) is 5.44 Å². The monoisotopic (exact) mass is 332 g/mol. The summed E-state index contributed by atoms with van der Waals surface area (Å²) in [4.78, 5) is 1.25. The average molecular weight is 332 g/mol. The van der Waals surface area contributed by atoms with Gasteiger partial charge in [0.15, 0.2) is 0 Å². The molecule has 1 nitrogen and oxygen atoms in total. The van der Waals surface area contributed by atoms with Crippen molar-refractivity contribution < 1.29 is 4.74 Å². The van der Waals surface area contributed by atoms with E-state index in [9.17, 15) is 0 Å². The van der Waals surface area contributed by atoms with E-state index in [0.29, 0.717) is 5.92 Å². The van der Waals surface area contributed by atoms with E-state index < -0.39 is 0 Å². The highest BCUT2D eigenvalue weighted by atomic mass is 32.2. The number of thioether (sulfide) groups is 1. The van der Waals surface area contributed by atoms with Gasteiger partial charge in [-0.05, 0) is 30.7 Å². The molecule has 0 bridgehead atoms. The molecule has 2 atom stereocenters. The highest BCUT2D eigenvalue weighted by Crippen LogP contribution is 2.44. The van der Waals surface area contributed by atoms with Crippen LogP contribution in [0.15, 0.2) is 83.8 Å². The van der Waals surface area contributed by atoms with Gasteiger partial charge in [-0.3, -0.25) is 0 Å². The molecule has 0 radical (unpaired) electrons. The summed E-state index contributed by atoms with van der Waals surface area (Å²) in [6.45, 7) is 2.15. The maximum Gasteiger partial charge on any atom is 0.149 e. The van der Waals surface area contributed by atoms with Gasteiger partial charge in [0.1, 0.15) is 11.2 Å². The molecule has 4 rings (SSSR count). The molecule has 0 N–H and O–H groups in total. The quantitative estimate of drug-likeness (QED) is 0.579. The van der Waals surface area contributed by atoms with E-state index >= 15 is 0 Å². The van der Waals surface area contributed by atoms with Crippen LogP contribution in [0.1, 0.15) is 29.0 Å². The molecule has 1 aliphatic heterocycles. The fourth-order valence-corrected chi connectivity index (χ4v) is 4.34. The Bertz CT molecular complexity index is 814. The highest BCUT2D eigenvalue weighted by molar-refractivity contribution is 7.99. The zero-order chi connectivity index (χ0) is 16.4. The van der Waals surface area contributed by atoms with Crippen molar-refractivity contribution in [1.82, 2.24) is 0 Å². The molecule has 0 amide bonds. The van der Waals surface area contributed by atoms with E-state index in [4.69, 9.17) is 4.74 Å². The van der Waals surface area contributed by atoms with Gasteiger partial charge in [0.2, 0.25) is 0 Å². The topological polar surface area (TPSA) is 9.23 Å². The fourth-order valence-electron chi connectivity index (χ4n) is 3.28. The van der Waals surface area contributed by atoms with Crippen LogP contribution in [0, 0.1) is 6.92 Å². The molecule has 0 fully saturated rings. The first-order chi connectivity index (χ1) is 11.8. The van der Waals surface area contributed by atoms with Crippen LogP contribution in [0.5, 0.6) is 5.75 Å². The summed E-state index contributed by atoms with van der Waals surface area (Å²) in [5.74, 6) is 1.41. The lowest BCUT2D eigenvalue weighted by molar-refractivity contribution is 0.245. The molecule has 0 aromatic heterocycles. The van der Waals surface area contributed by atoms with Crippen LogP contribution in [-0.2, 0) is 0 Å². The third-order valence-corrected chi connectivity index (χ3v) is 5.54. The van der Waals surface area contributed by atoms with Gasteiger partial charge in [0.25, 0.3) is 0 Å². The van der Waals surface area contributed by atoms with Crippen LogP contribution in [0.2, 0.25) is 0 Å². The average Bonchev–Trinajstić information content (AvgIpc) is 2.63. The van der Waals surface area contributed by atoms with Gasteiger partial charge in [-0.25, -0.2) is 0 Å². The lowest BCUT2D eigenvalue weighted by atomic mass is 9.86. The van der Waals surface area contributed by atoms with E-state index in [0.717, 1.165) is 12.2 Å². The number of hydrogen-bond acceptors (Lipinski definition) is 2. The second-order valence-corrected chi connectivity index (χ2v) is 7.45. The second kappa shape index (κ2) is 6.74. The Morgan fingerprint density at radius 3 is 2.33 bits per heavy atom. The van der Waals surface area contributed by atoms with Crippen LogP contribution in [0.3, 0.4) is 0 Å². The SMILES string of the molecule is Cc1ccc2c(c1)[C@H](c1ccccc1)C[C@H](Sc1ccccc1)O2. The lowest BCUT2D eigenvalue weighted by Gasteiger charge is -2.32. The van der Waals surface area contributed by atoms with Crippen molar-refractivity contribution in [2.45, 2.75) is 29.6 Å². The molecule has 0 unspecified atom stereocenters. The van der Waals surface area contributed by atoms with E-state index in [2.05, 4.69) is 85.8 Å². The van der Waals surface area contributed by atoms with Gasteiger partial charge in [0.05, 0.1) is 0 Å². The van der Waals surface area contributed by atoms with Crippen LogP contribution < -0.4 is 4.74 Å². The normalized spacial score (nSPS) is 19.4. The Balaban J connectivity index is 1.68. The third-order valence-electron chi connectivity index (χ3n) is 4.44. The minimum atomic E-state index is 0.132. The van der Waals surface area contributed by atoms with Crippen molar-refractivity contribution in [2.75, 3.05) is 0 Å². The Morgan fingerprint density at radius 2 is 1.58 bits per heavy atom. The minimum Gasteiger partial charge on any atom is -0.479 e. The van der Waals surface area contributed by atoms with Gasteiger partial charge >= 0.3 is 0 Å². The zero-order valence-corrected chi connectivity index (χ0v) is 14.5. The summed E-state index contributed by atoms with van der Waals surface area (Å²) in [6, 6.07) is 27.8. The number of fused-ring (bicyclic) bond motifs is 1. The molecule has 0 saturated heterocycles. The standard InChI is InChI=1S/C22H20OS/c1-16-12-13-21-20(14-16)19(17-8-4-2-5-9-17)15-22(23-21)24-18-10-6-3-7-11-18/h2-14,19,22H,15H2,1H3/t19-,22-/m0/s1. The van der Waals surface area contributed by atoms with Crippen molar-refractivity contribution >= 4 is 11.8 Å². The summed E-state index contributed by atoms with van der Waals surface area (Å²) < 4.78 is 6.31. The first-order valence-corrected chi connectivity index (χ1v) is 9.21. The van der Waals surface area contributed by atoms with Gasteiger partial charge in [0, 0.05) is 22.8 Å². The van der Waals surface area contributed by atoms with E-state index in [1.807, 2.05) is 11.8 Å². The highest BCUT2D eigenvalue weighted by Gasteiger charge is 2.30. The predicted molar refractivity (Wildman–Crippen MR) is 101 cm³/mol. The first kappa shape index (κ1) is 15.3. The molecule has 0 spiro atoms. The molecule has 1 aliphatic rings. The Hall–Kier alpha value is -2.19. The van der Waals surface area contributed by atoms with Crippen molar-refractivity contribution in [3.05, 3.63) is 95.6 Å². The molecule has 2 heteroatoms. The largest absolute Gasteiger partial charge is 0.479 e. The van der Waals surface area contributed by atoms with Crippen LogP contribution >= 0.6 is 11.8 Å². The van der Waals surface area contributed by atoms with Crippen LogP contribution in [0.4, 0.5) is 0 Å². The number of rotatable bonds is 3. The van der Waals surface area contributed by atoms with Gasteiger partial charge < -0.3 is 4.74 Å². The lowest BCUT2D eigenvalue weighted by Crippen LogP contribution is -2.23. The van der Waals surface area contributed by atoms with Crippen molar-refractivity contribution in [1.29, 1.82) is 0 Å². The van der Waals surface area contributed by atoms with E-state index in [1.54, 1.807) is 0 Å². The van der Waals surface area contributed by atoms with Crippen molar-refractivity contribution in [2.24, 2.45) is 0 Å². The smallest absolute Gasteiger partial charge is 0.149 e.